The molecule has 1 heterocycles. The van der Waals surface area contributed by atoms with Crippen LogP contribution in [0, 0.1) is 0 Å². The molecule has 0 aromatic rings. The van der Waals surface area contributed by atoms with E-state index in [0.29, 0.717) is 11.8 Å². The van der Waals surface area contributed by atoms with E-state index < -0.39 is 0 Å². The number of hydrogen-bond donors (Lipinski definition) is 2. The largest absolute Gasteiger partial charge is 0.482 e. The van der Waals surface area contributed by atoms with Crippen molar-refractivity contribution in [3.05, 3.63) is 12.0 Å². The second kappa shape index (κ2) is 3.25. The summed E-state index contributed by atoms with van der Waals surface area (Å²) in [4.78, 5) is 0. The van der Waals surface area contributed by atoms with Gasteiger partial charge in [-0.2, -0.15) is 0 Å². The van der Waals surface area contributed by atoms with Gasteiger partial charge in [0.15, 0.2) is 0 Å². The minimum absolute atomic E-state index is 0.323. The lowest BCUT2D eigenvalue weighted by Gasteiger charge is -2.16. The average Bonchev–Trinajstić information content (AvgIpc) is 2.04. The molecule has 3 N–H and O–H groups in total. The van der Waals surface area contributed by atoms with Crippen molar-refractivity contribution in [2.45, 2.75) is 6.04 Å². The van der Waals surface area contributed by atoms with E-state index in [1.807, 2.05) is 0 Å². The van der Waals surface area contributed by atoms with Crippen LogP contribution in [0.4, 0.5) is 0 Å². The number of nitrogens with one attached hydrogen (secondary N) is 1. The first-order valence-corrected chi connectivity index (χ1v) is 3.17. The van der Waals surface area contributed by atoms with Crippen molar-refractivity contribution in [1.82, 2.24) is 5.43 Å². The van der Waals surface area contributed by atoms with E-state index in [1.54, 1.807) is 13.2 Å². The Kier molecular flexibility index (Phi) is 2.32. The highest BCUT2D eigenvalue weighted by atomic mass is 16.5. The molecule has 0 amide bonds. The second-order valence-electron chi connectivity index (χ2n) is 2.03. The zero-order valence-electron chi connectivity index (χ0n) is 6.50. The second-order valence-corrected chi connectivity index (χ2v) is 2.03. The molecule has 0 aliphatic carbocycles. The molecular weight excluding hydrogens is 146 g/mol. The summed E-state index contributed by atoms with van der Waals surface area (Å²) in [7, 11) is 3.06. The molecule has 1 aliphatic rings. The molecule has 5 nitrogen and oxygen atoms in total. The molecule has 0 saturated heterocycles. The van der Waals surface area contributed by atoms with Gasteiger partial charge in [0.2, 0.25) is 11.8 Å². The smallest absolute Gasteiger partial charge is 0.227 e. The fourth-order valence-corrected chi connectivity index (χ4v) is 0.752. The van der Waals surface area contributed by atoms with Crippen LogP contribution in [0.15, 0.2) is 17.1 Å². The van der Waals surface area contributed by atoms with Gasteiger partial charge >= 0.3 is 0 Å². The molecule has 1 rings (SSSR count). The summed E-state index contributed by atoms with van der Waals surface area (Å²) in [5.74, 6) is 0.990. The van der Waals surface area contributed by atoms with Crippen molar-refractivity contribution in [2.75, 3.05) is 14.2 Å². The van der Waals surface area contributed by atoms with Crippen molar-refractivity contribution < 1.29 is 9.47 Å². The molecular formula is C6H11N3O2. The first-order valence-electron chi connectivity index (χ1n) is 3.17. The summed E-state index contributed by atoms with van der Waals surface area (Å²) in [6.07, 6.45) is 1.69. The van der Waals surface area contributed by atoms with Crippen LogP contribution in [0.1, 0.15) is 0 Å². The average molecular weight is 157 g/mol. The molecule has 0 fully saturated rings. The monoisotopic (exact) mass is 157 g/mol. The number of hydrazone groups is 1. The Morgan fingerprint density at radius 2 is 2.27 bits per heavy atom. The summed E-state index contributed by atoms with van der Waals surface area (Å²) in [5, 5.41) is 3.81. The Balaban J connectivity index is 2.63. The zero-order valence-corrected chi connectivity index (χ0v) is 6.50. The number of hydrogen-bond acceptors (Lipinski definition) is 5. The maximum Gasteiger partial charge on any atom is 0.227 e. The van der Waals surface area contributed by atoms with Gasteiger partial charge in [0.25, 0.3) is 0 Å². The molecule has 0 radical (unpaired) electrons. The van der Waals surface area contributed by atoms with E-state index in [4.69, 9.17) is 15.2 Å². The highest BCUT2D eigenvalue weighted by molar-refractivity contribution is 5.84. The molecule has 0 saturated carbocycles. The van der Waals surface area contributed by atoms with Crippen molar-refractivity contribution in [3.8, 4) is 0 Å². The maximum absolute atomic E-state index is 5.60. The van der Waals surface area contributed by atoms with Gasteiger partial charge in [-0.15, -0.1) is 5.10 Å². The highest BCUT2D eigenvalue weighted by Gasteiger charge is 2.15. The van der Waals surface area contributed by atoms with Crippen LogP contribution < -0.4 is 11.2 Å². The molecule has 0 bridgehead atoms. The van der Waals surface area contributed by atoms with Crippen LogP contribution in [0.2, 0.25) is 0 Å². The van der Waals surface area contributed by atoms with E-state index in [0.717, 1.165) is 0 Å². The summed E-state index contributed by atoms with van der Waals surface area (Å²) in [5.41, 5.74) is 8.23. The predicted octanol–water partition coefficient (Wildman–Crippen LogP) is -0.635. The van der Waals surface area contributed by atoms with Gasteiger partial charge in [0.05, 0.1) is 14.2 Å². The van der Waals surface area contributed by atoms with Gasteiger partial charge in [-0.25, -0.2) is 5.43 Å². The van der Waals surface area contributed by atoms with Crippen molar-refractivity contribution in [3.63, 3.8) is 0 Å². The van der Waals surface area contributed by atoms with Crippen molar-refractivity contribution >= 4 is 5.90 Å². The van der Waals surface area contributed by atoms with E-state index in [1.165, 1.54) is 7.11 Å². The third-order valence-electron chi connectivity index (χ3n) is 1.32. The highest BCUT2D eigenvalue weighted by Crippen LogP contribution is 2.01. The standard InChI is InChI=1S/C6H11N3O2/c1-10-5-3-4(7)6(11-2)9-8-5/h3-4,8H,7H2,1-2H3. The number of nitrogens with two attached hydrogens (primary N) is 1. The summed E-state index contributed by atoms with van der Waals surface area (Å²) in [6, 6.07) is -0.323. The molecule has 62 valence electrons. The maximum atomic E-state index is 5.60. The fourth-order valence-electron chi connectivity index (χ4n) is 0.752. The third-order valence-corrected chi connectivity index (χ3v) is 1.32. The van der Waals surface area contributed by atoms with Crippen LogP contribution in [-0.2, 0) is 9.47 Å². The Bertz CT molecular complexity index is 200. The van der Waals surface area contributed by atoms with E-state index in [2.05, 4.69) is 10.5 Å². The molecule has 1 unspecified atom stereocenters. The molecule has 0 aromatic carbocycles. The Labute approximate surface area is 64.9 Å². The fraction of sp³-hybridized carbons (Fsp3) is 0.500. The Morgan fingerprint density at radius 1 is 1.55 bits per heavy atom. The topological polar surface area (TPSA) is 68.9 Å². The SMILES string of the molecule is COC1=CC(N)C(OC)=NN1. The van der Waals surface area contributed by atoms with Crippen molar-refractivity contribution in [1.29, 1.82) is 0 Å². The minimum atomic E-state index is -0.323. The number of nitrogens with zero attached hydrogens (tertiary/aromatic N) is 1. The molecule has 1 atom stereocenters. The van der Waals surface area contributed by atoms with Gasteiger partial charge in [-0.1, -0.05) is 0 Å². The van der Waals surface area contributed by atoms with E-state index in [-0.39, 0.29) is 6.04 Å². The van der Waals surface area contributed by atoms with Crippen molar-refractivity contribution in [2.24, 2.45) is 10.8 Å². The molecule has 0 aromatic heterocycles. The van der Waals surface area contributed by atoms with Gasteiger partial charge < -0.3 is 15.2 Å². The van der Waals surface area contributed by atoms with Gasteiger partial charge in [-0.05, 0) is 0 Å². The van der Waals surface area contributed by atoms with Crippen LogP contribution in [0.25, 0.3) is 0 Å². The zero-order chi connectivity index (χ0) is 8.27. The molecule has 0 spiro atoms. The van der Waals surface area contributed by atoms with Crippen LogP contribution in [0.3, 0.4) is 0 Å². The van der Waals surface area contributed by atoms with Crippen LogP contribution in [0.5, 0.6) is 0 Å². The van der Waals surface area contributed by atoms with Gasteiger partial charge in [-0.3, -0.25) is 0 Å². The van der Waals surface area contributed by atoms with E-state index >= 15 is 0 Å². The summed E-state index contributed by atoms with van der Waals surface area (Å²) >= 11 is 0. The minimum Gasteiger partial charge on any atom is -0.482 e. The van der Waals surface area contributed by atoms with Gasteiger partial charge in [0.1, 0.15) is 6.04 Å². The Hall–Kier alpha value is -1.23. The third kappa shape index (κ3) is 1.62. The number of methoxy groups -OCH3 is 2. The molecule has 11 heavy (non-hydrogen) atoms. The normalized spacial score (nSPS) is 23.0. The summed E-state index contributed by atoms with van der Waals surface area (Å²) in [6.45, 7) is 0. The lowest BCUT2D eigenvalue weighted by Crippen LogP contribution is -2.36. The quantitative estimate of drug-likeness (QED) is 0.531. The molecule has 1 aliphatic heterocycles. The van der Waals surface area contributed by atoms with Crippen LogP contribution >= 0.6 is 0 Å². The van der Waals surface area contributed by atoms with Gasteiger partial charge in [0, 0.05) is 6.08 Å². The number of ether oxygens (including phenoxy) is 2. The lowest BCUT2D eigenvalue weighted by molar-refractivity contribution is 0.253. The molecule has 5 heteroatoms. The summed E-state index contributed by atoms with van der Waals surface area (Å²) < 4.78 is 9.72. The first-order chi connectivity index (χ1) is 5.27. The predicted molar refractivity (Wildman–Crippen MR) is 40.6 cm³/mol. The Morgan fingerprint density at radius 3 is 2.73 bits per heavy atom. The van der Waals surface area contributed by atoms with Crippen LogP contribution in [-0.4, -0.2) is 26.2 Å². The van der Waals surface area contributed by atoms with E-state index in [9.17, 15) is 0 Å². The number of rotatable bonds is 1. The lowest BCUT2D eigenvalue weighted by atomic mass is 10.3. The first kappa shape index (κ1) is 7.87.